The van der Waals surface area contributed by atoms with Gasteiger partial charge in [0.15, 0.2) is 0 Å². The highest BCUT2D eigenvalue weighted by molar-refractivity contribution is 7.21. The van der Waals surface area contributed by atoms with E-state index in [-0.39, 0.29) is 23.0 Å². The van der Waals surface area contributed by atoms with Crippen LogP contribution in [0.15, 0.2) is 24.3 Å². The van der Waals surface area contributed by atoms with Crippen molar-refractivity contribution in [2.24, 2.45) is 0 Å². The van der Waals surface area contributed by atoms with Gasteiger partial charge in [0, 0.05) is 16.1 Å². The van der Waals surface area contributed by atoms with E-state index in [1.165, 1.54) is 0 Å². The summed E-state index contributed by atoms with van der Waals surface area (Å²) in [5, 5.41) is 12.9. The number of benzene rings is 1. The van der Waals surface area contributed by atoms with Crippen molar-refractivity contribution in [1.29, 1.82) is 5.26 Å². The lowest BCUT2D eigenvalue weighted by atomic mass is 10.2. The van der Waals surface area contributed by atoms with Gasteiger partial charge in [0.1, 0.15) is 21.6 Å². The highest BCUT2D eigenvalue weighted by atomic mass is 35.5. The van der Waals surface area contributed by atoms with Gasteiger partial charge in [0.2, 0.25) is 0 Å². The topological polar surface area (TPSA) is 118 Å². The number of rotatable bonds is 2. The number of nitrogens with zero attached hydrogens (tertiary/aromatic N) is 2. The van der Waals surface area contributed by atoms with Gasteiger partial charge in [-0.15, -0.1) is 11.3 Å². The Kier molecular flexibility index (Phi) is 4.01. The minimum Gasteiger partial charge on any atom is -0.397 e. The number of anilines is 3. The van der Waals surface area contributed by atoms with E-state index >= 15 is 0 Å². The molecule has 0 saturated heterocycles. The van der Waals surface area contributed by atoms with Gasteiger partial charge in [0.25, 0.3) is 5.91 Å². The molecule has 0 aliphatic carbocycles. The number of halogens is 1. The monoisotopic (exact) mass is 357 g/mol. The summed E-state index contributed by atoms with van der Waals surface area (Å²) in [6.45, 7) is 1.88. The molecule has 2 aromatic heterocycles. The van der Waals surface area contributed by atoms with Gasteiger partial charge in [-0.05, 0) is 30.7 Å². The molecule has 0 radical (unpaired) electrons. The van der Waals surface area contributed by atoms with E-state index in [2.05, 4.69) is 10.3 Å². The Balaban J connectivity index is 1.99. The number of nitrogens with two attached hydrogens (primary N) is 2. The first-order valence-electron chi connectivity index (χ1n) is 6.86. The van der Waals surface area contributed by atoms with Gasteiger partial charge in [-0.2, -0.15) is 5.26 Å². The fraction of sp³-hybridized carbons (Fsp3) is 0.0625. The number of hydrogen-bond donors (Lipinski definition) is 3. The fourth-order valence-corrected chi connectivity index (χ4v) is 3.33. The third-order valence-corrected chi connectivity index (χ3v) is 5.03. The van der Waals surface area contributed by atoms with Crippen LogP contribution < -0.4 is 16.8 Å². The average Bonchev–Trinajstić information content (AvgIpc) is 2.86. The van der Waals surface area contributed by atoms with Crippen LogP contribution in [0.4, 0.5) is 17.2 Å². The zero-order valence-electron chi connectivity index (χ0n) is 12.6. The molecule has 24 heavy (non-hydrogen) atoms. The zero-order valence-corrected chi connectivity index (χ0v) is 14.1. The molecule has 1 aromatic carbocycles. The van der Waals surface area contributed by atoms with Crippen molar-refractivity contribution in [3.05, 3.63) is 45.3 Å². The molecule has 120 valence electrons. The van der Waals surface area contributed by atoms with Crippen LogP contribution in [0.5, 0.6) is 0 Å². The fourth-order valence-electron chi connectivity index (χ4n) is 2.17. The van der Waals surface area contributed by atoms with Gasteiger partial charge in [-0.3, -0.25) is 4.79 Å². The molecule has 0 saturated carbocycles. The molecule has 6 nitrogen and oxygen atoms in total. The minimum atomic E-state index is -0.368. The Hall–Kier alpha value is -2.82. The summed E-state index contributed by atoms with van der Waals surface area (Å²) in [5.74, 6) is -0.254. The molecule has 8 heteroatoms. The van der Waals surface area contributed by atoms with Gasteiger partial charge in [-0.25, -0.2) is 4.98 Å². The third kappa shape index (κ3) is 2.73. The van der Waals surface area contributed by atoms with E-state index in [9.17, 15) is 4.79 Å². The number of aromatic nitrogens is 1. The summed E-state index contributed by atoms with van der Waals surface area (Å²) < 4.78 is 0. The van der Waals surface area contributed by atoms with Crippen LogP contribution in [0.1, 0.15) is 20.8 Å². The van der Waals surface area contributed by atoms with Crippen molar-refractivity contribution in [2.75, 3.05) is 16.8 Å². The number of fused-ring (bicyclic) bond motifs is 1. The number of thiophene rings is 1. The molecular formula is C16H12ClN5OS. The number of amides is 1. The predicted octanol–water partition coefficient (Wildman–Crippen LogP) is 3.55. The maximum atomic E-state index is 12.5. The summed E-state index contributed by atoms with van der Waals surface area (Å²) in [4.78, 5) is 17.4. The van der Waals surface area contributed by atoms with Gasteiger partial charge in [-0.1, -0.05) is 17.7 Å². The number of nitrogen functional groups attached to an aromatic ring is 2. The highest BCUT2D eigenvalue weighted by Gasteiger charge is 2.19. The van der Waals surface area contributed by atoms with Crippen LogP contribution in [0.3, 0.4) is 0 Å². The van der Waals surface area contributed by atoms with E-state index in [4.69, 9.17) is 28.3 Å². The second-order valence-corrected chi connectivity index (χ2v) is 6.55. The molecule has 0 aliphatic rings. The lowest BCUT2D eigenvalue weighted by Crippen LogP contribution is -2.11. The van der Waals surface area contributed by atoms with Crippen LogP contribution in [0, 0.1) is 18.3 Å². The average molecular weight is 358 g/mol. The van der Waals surface area contributed by atoms with Crippen LogP contribution in [-0.4, -0.2) is 10.9 Å². The summed E-state index contributed by atoms with van der Waals surface area (Å²) in [6, 6.07) is 8.73. The van der Waals surface area contributed by atoms with E-state index in [0.29, 0.717) is 25.8 Å². The third-order valence-electron chi connectivity index (χ3n) is 3.51. The molecule has 2 heterocycles. The molecule has 0 bridgehead atoms. The van der Waals surface area contributed by atoms with Crippen molar-refractivity contribution in [3.8, 4) is 6.07 Å². The summed E-state index contributed by atoms with van der Waals surface area (Å²) in [6.07, 6.45) is 0. The largest absolute Gasteiger partial charge is 0.397 e. The number of nitriles is 1. The standard InChI is InChI=1S/C16H12ClN5OS/c1-7-2-3-9(5-11(7)17)21-15(23)13-12(19)10-4-8(6-18)14(20)22-16(10)24-13/h2-5H,19H2,1H3,(H2,20,22)(H,21,23). The molecule has 3 rings (SSSR count). The number of carbonyl (C=O) groups excluding carboxylic acids is 1. The molecule has 0 atom stereocenters. The predicted molar refractivity (Wildman–Crippen MR) is 97.3 cm³/mol. The number of nitrogens with one attached hydrogen (secondary N) is 1. The highest BCUT2D eigenvalue weighted by Crippen LogP contribution is 2.34. The Morgan fingerprint density at radius 2 is 2.12 bits per heavy atom. The van der Waals surface area contributed by atoms with E-state index in [1.807, 2.05) is 19.1 Å². The Morgan fingerprint density at radius 1 is 1.38 bits per heavy atom. The maximum Gasteiger partial charge on any atom is 0.267 e. The molecule has 0 fully saturated rings. The normalized spacial score (nSPS) is 10.5. The molecule has 5 N–H and O–H groups in total. The van der Waals surface area contributed by atoms with Gasteiger partial charge in [0.05, 0.1) is 11.3 Å². The lowest BCUT2D eigenvalue weighted by Gasteiger charge is -2.06. The number of aryl methyl sites for hydroxylation is 1. The van der Waals surface area contributed by atoms with Crippen LogP contribution in [-0.2, 0) is 0 Å². The molecule has 1 amide bonds. The lowest BCUT2D eigenvalue weighted by molar-refractivity contribution is 0.103. The maximum absolute atomic E-state index is 12.5. The first kappa shape index (κ1) is 16.1. The van der Waals surface area contributed by atoms with Crippen molar-refractivity contribution < 1.29 is 4.79 Å². The second-order valence-electron chi connectivity index (χ2n) is 5.15. The van der Waals surface area contributed by atoms with E-state index in [0.717, 1.165) is 16.9 Å². The van der Waals surface area contributed by atoms with Crippen molar-refractivity contribution in [1.82, 2.24) is 4.98 Å². The van der Waals surface area contributed by atoms with Gasteiger partial charge < -0.3 is 16.8 Å². The Labute approximate surface area is 146 Å². The number of hydrogen-bond acceptors (Lipinski definition) is 6. The van der Waals surface area contributed by atoms with Crippen LogP contribution >= 0.6 is 22.9 Å². The number of pyridine rings is 1. The SMILES string of the molecule is Cc1ccc(NC(=O)c2sc3nc(N)c(C#N)cc3c2N)cc1Cl. The second kappa shape index (κ2) is 6.00. The van der Waals surface area contributed by atoms with Crippen LogP contribution in [0.2, 0.25) is 5.02 Å². The van der Waals surface area contributed by atoms with Crippen LogP contribution in [0.25, 0.3) is 10.2 Å². The van der Waals surface area contributed by atoms with Crippen molar-refractivity contribution >= 4 is 56.3 Å². The quantitative estimate of drug-likeness (QED) is 0.648. The first-order valence-corrected chi connectivity index (χ1v) is 8.06. The summed E-state index contributed by atoms with van der Waals surface area (Å²) >= 11 is 7.18. The molecule has 0 unspecified atom stereocenters. The van der Waals surface area contributed by atoms with E-state index < -0.39 is 0 Å². The zero-order chi connectivity index (χ0) is 17.4. The summed E-state index contributed by atoms with van der Waals surface area (Å²) in [7, 11) is 0. The summed E-state index contributed by atoms with van der Waals surface area (Å²) in [5.41, 5.74) is 13.7. The first-order chi connectivity index (χ1) is 11.4. The Bertz CT molecular complexity index is 1020. The minimum absolute atomic E-state index is 0.114. The smallest absolute Gasteiger partial charge is 0.267 e. The Morgan fingerprint density at radius 3 is 2.79 bits per heavy atom. The van der Waals surface area contributed by atoms with Crippen molar-refractivity contribution in [3.63, 3.8) is 0 Å². The van der Waals surface area contributed by atoms with E-state index in [1.54, 1.807) is 18.2 Å². The molecule has 0 aliphatic heterocycles. The van der Waals surface area contributed by atoms with Crippen molar-refractivity contribution in [2.45, 2.75) is 6.92 Å². The molecule has 0 spiro atoms. The number of carbonyl (C=O) groups is 1. The molecular weight excluding hydrogens is 346 g/mol. The molecule has 3 aromatic rings. The van der Waals surface area contributed by atoms with Gasteiger partial charge >= 0.3 is 0 Å².